The fourth-order valence-electron chi connectivity index (χ4n) is 2.17. The summed E-state index contributed by atoms with van der Waals surface area (Å²) in [5, 5.41) is 9.01. The second kappa shape index (κ2) is 6.33. The number of carboxylic acids is 1. The minimum atomic E-state index is -0.934. The molecule has 2 aromatic rings. The van der Waals surface area contributed by atoms with Gasteiger partial charge in [-0.15, -0.1) is 0 Å². The van der Waals surface area contributed by atoms with Gasteiger partial charge in [-0.1, -0.05) is 37.6 Å². The number of rotatable bonds is 5. The number of aromatic nitrogens is 1. The number of hydrogen-bond donors (Lipinski definition) is 1. The molecular formula is C17H19NO2. The number of nitrogens with zero attached hydrogens (tertiary/aromatic N) is 1. The summed E-state index contributed by atoms with van der Waals surface area (Å²) in [4.78, 5) is 15.4. The summed E-state index contributed by atoms with van der Waals surface area (Å²) in [6.45, 7) is 3.91. The number of hydrogen-bond acceptors (Lipinski definition) is 2. The first-order valence-electron chi connectivity index (χ1n) is 6.92. The zero-order valence-corrected chi connectivity index (χ0v) is 11.9. The van der Waals surface area contributed by atoms with Crippen LogP contribution in [0.1, 0.15) is 41.4 Å². The lowest BCUT2D eigenvalue weighted by Gasteiger charge is -2.06. The van der Waals surface area contributed by atoms with E-state index in [0.717, 1.165) is 17.7 Å². The molecule has 1 aromatic carbocycles. The molecule has 0 unspecified atom stereocenters. The number of aromatic carboxylic acids is 1. The van der Waals surface area contributed by atoms with Crippen LogP contribution in [0.4, 0.5) is 0 Å². The number of carboxylic acid groups (broad SMARTS) is 1. The van der Waals surface area contributed by atoms with E-state index in [1.54, 1.807) is 19.1 Å². The number of pyridine rings is 1. The standard InChI is InChI=1S/C17H19NO2/c1-3-4-5-13-6-8-14(9-7-13)16-11-10-15(17(19)20)12(2)18-16/h6-11H,3-5H2,1-2H3,(H,19,20). The van der Waals surface area contributed by atoms with Gasteiger partial charge in [-0.25, -0.2) is 4.79 Å². The molecule has 1 N–H and O–H groups in total. The molecule has 3 heteroatoms. The van der Waals surface area contributed by atoms with Crippen molar-refractivity contribution in [1.82, 2.24) is 4.98 Å². The lowest BCUT2D eigenvalue weighted by atomic mass is 10.0. The second-order valence-electron chi connectivity index (χ2n) is 4.94. The van der Waals surface area contributed by atoms with Crippen LogP contribution in [-0.4, -0.2) is 16.1 Å². The van der Waals surface area contributed by atoms with E-state index in [4.69, 9.17) is 5.11 Å². The van der Waals surface area contributed by atoms with Crippen molar-refractivity contribution in [2.45, 2.75) is 33.1 Å². The predicted molar refractivity (Wildman–Crippen MR) is 80.0 cm³/mol. The van der Waals surface area contributed by atoms with E-state index < -0.39 is 5.97 Å². The van der Waals surface area contributed by atoms with Crippen molar-refractivity contribution < 1.29 is 9.90 Å². The molecule has 3 nitrogen and oxygen atoms in total. The zero-order valence-electron chi connectivity index (χ0n) is 11.9. The molecule has 0 atom stereocenters. The average molecular weight is 269 g/mol. The first-order valence-corrected chi connectivity index (χ1v) is 6.92. The Morgan fingerprint density at radius 2 is 1.85 bits per heavy atom. The molecule has 0 saturated heterocycles. The van der Waals surface area contributed by atoms with Crippen molar-refractivity contribution in [3.63, 3.8) is 0 Å². The Balaban J connectivity index is 2.23. The van der Waals surface area contributed by atoms with E-state index in [0.29, 0.717) is 5.69 Å². The molecular weight excluding hydrogens is 250 g/mol. The number of aryl methyl sites for hydroxylation is 2. The third kappa shape index (κ3) is 3.23. The summed E-state index contributed by atoms with van der Waals surface area (Å²) in [7, 11) is 0. The van der Waals surface area contributed by atoms with Gasteiger partial charge in [-0.3, -0.25) is 4.98 Å². The van der Waals surface area contributed by atoms with Crippen LogP contribution in [0.5, 0.6) is 0 Å². The Bertz CT molecular complexity index is 603. The molecule has 0 aliphatic heterocycles. The molecule has 0 amide bonds. The molecule has 0 bridgehead atoms. The molecule has 0 spiro atoms. The summed E-state index contributed by atoms with van der Waals surface area (Å²) in [6, 6.07) is 11.7. The van der Waals surface area contributed by atoms with Crippen LogP contribution in [0, 0.1) is 6.92 Å². The third-order valence-electron chi connectivity index (χ3n) is 3.38. The fraction of sp³-hybridized carbons (Fsp3) is 0.294. The molecule has 0 fully saturated rings. The molecule has 0 radical (unpaired) electrons. The fourth-order valence-corrected chi connectivity index (χ4v) is 2.17. The monoisotopic (exact) mass is 269 g/mol. The topological polar surface area (TPSA) is 50.2 Å². The van der Waals surface area contributed by atoms with E-state index in [-0.39, 0.29) is 5.56 Å². The van der Waals surface area contributed by atoms with Crippen molar-refractivity contribution in [1.29, 1.82) is 0 Å². The maximum absolute atomic E-state index is 11.0. The molecule has 2 rings (SSSR count). The summed E-state index contributed by atoms with van der Waals surface area (Å²) in [5.74, 6) is -0.934. The highest BCUT2D eigenvalue weighted by atomic mass is 16.4. The highest BCUT2D eigenvalue weighted by Crippen LogP contribution is 2.20. The van der Waals surface area contributed by atoms with Crippen LogP contribution in [0.2, 0.25) is 0 Å². The highest BCUT2D eigenvalue weighted by Gasteiger charge is 2.09. The largest absolute Gasteiger partial charge is 0.478 e. The Hall–Kier alpha value is -2.16. The molecule has 0 aliphatic rings. The van der Waals surface area contributed by atoms with Gasteiger partial charge in [0, 0.05) is 5.56 Å². The number of carbonyl (C=O) groups is 1. The number of unbranched alkanes of at least 4 members (excludes halogenated alkanes) is 1. The minimum absolute atomic E-state index is 0.258. The predicted octanol–water partition coefficient (Wildman–Crippen LogP) is 4.10. The van der Waals surface area contributed by atoms with Crippen LogP contribution in [0.15, 0.2) is 36.4 Å². The van der Waals surface area contributed by atoms with Crippen LogP contribution in [-0.2, 0) is 6.42 Å². The minimum Gasteiger partial charge on any atom is -0.478 e. The molecule has 104 valence electrons. The normalized spacial score (nSPS) is 10.5. The molecule has 1 heterocycles. The van der Waals surface area contributed by atoms with E-state index in [1.807, 2.05) is 12.1 Å². The Kier molecular flexibility index (Phi) is 4.51. The lowest BCUT2D eigenvalue weighted by molar-refractivity contribution is 0.0695. The van der Waals surface area contributed by atoms with E-state index in [2.05, 4.69) is 24.0 Å². The summed E-state index contributed by atoms with van der Waals surface area (Å²) in [5.41, 5.74) is 3.97. The van der Waals surface area contributed by atoms with Crippen LogP contribution in [0.3, 0.4) is 0 Å². The SMILES string of the molecule is CCCCc1ccc(-c2ccc(C(=O)O)c(C)n2)cc1. The zero-order chi connectivity index (χ0) is 14.5. The van der Waals surface area contributed by atoms with Gasteiger partial charge in [-0.05, 0) is 37.5 Å². The second-order valence-corrected chi connectivity index (χ2v) is 4.94. The molecule has 1 aromatic heterocycles. The van der Waals surface area contributed by atoms with Gasteiger partial charge < -0.3 is 5.11 Å². The van der Waals surface area contributed by atoms with Crippen LogP contribution >= 0.6 is 0 Å². The summed E-state index contributed by atoms with van der Waals surface area (Å²) >= 11 is 0. The summed E-state index contributed by atoms with van der Waals surface area (Å²) in [6.07, 6.45) is 3.49. The molecule has 20 heavy (non-hydrogen) atoms. The van der Waals surface area contributed by atoms with Crippen LogP contribution < -0.4 is 0 Å². The average Bonchev–Trinajstić information content (AvgIpc) is 2.45. The summed E-state index contributed by atoms with van der Waals surface area (Å²) < 4.78 is 0. The number of benzene rings is 1. The van der Waals surface area contributed by atoms with Gasteiger partial charge in [0.15, 0.2) is 0 Å². The smallest absolute Gasteiger partial charge is 0.337 e. The van der Waals surface area contributed by atoms with Crippen LogP contribution in [0.25, 0.3) is 11.3 Å². The van der Waals surface area contributed by atoms with E-state index in [9.17, 15) is 4.79 Å². The third-order valence-corrected chi connectivity index (χ3v) is 3.38. The van der Waals surface area contributed by atoms with Gasteiger partial charge in [0.05, 0.1) is 17.0 Å². The van der Waals surface area contributed by atoms with Gasteiger partial charge in [-0.2, -0.15) is 0 Å². The van der Waals surface area contributed by atoms with E-state index in [1.165, 1.54) is 18.4 Å². The maximum Gasteiger partial charge on any atom is 0.337 e. The maximum atomic E-state index is 11.0. The van der Waals surface area contributed by atoms with Gasteiger partial charge in [0.1, 0.15) is 0 Å². The van der Waals surface area contributed by atoms with Crippen molar-refractivity contribution >= 4 is 5.97 Å². The van der Waals surface area contributed by atoms with Gasteiger partial charge in [0.25, 0.3) is 0 Å². The quantitative estimate of drug-likeness (QED) is 0.889. The Labute approximate surface area is 119 Å². The lowest BCUT2D eigenvalue weighted by Crippen LogP contribution is -2.02. The first kappa shape index (κ1) is 14.3. The Morgan fingerprint density at radius 1 is 1.15 bits per heavy atom. The highest BCUT2D eigenvalue weighted by molar-refractivity contribution is 5.89. The molecule has 0 aliphatic carbocycles. The van der Waals surface area contributed by atoms with E-state index >= 15 is 0 Å². The van der Waals surface area contributed by atoms with Crippen molar-refractivity contribution in [2.75, 3.05) is 0 Å². The Morgan fingerprint density at radius 3 is 2.40 bits per heavy atom. The van der Waals surface area contributed by atoms with Crippen molar-refractivity contribution in [3.05, 3.63) is 53.2 Å². The van der Waals surface area contributed by atoms with Gasteiger partial charge in [0.2, 0.25) is 0 Å². The van der Waals surface area contributed by atoms with Gasteiger partial charge >= 0.3 is 5.97 Å². The van der Waals surface area contributed by atoms with Crippen molar-refractivity contribution in [2.24, 2.45) is 0 Å². The first-order chi connectivity index (χ1) is 9.61. The van der Waals surface area contributed by atoms with Crippen molar-refractivity contribution in [3.8, 4) is 11.3 Å². The molecule has 0 saturated carbocycles.